The minimum Gasteiger partial charge on any atom is -0.309 e. The van der Waals surface area contributed by atoms with Gasteiger partial charge in [-0.1, -0.05) is 520 Å². The minimum absolute atomic E-state index is 0.160. The number of hydrogen-bond acceptors (Lipinski definition) is 0. The molecule has 1 aromatic heterocycles. The van der Waals surface area contributed by atoms with E-state index in [9.17, 15) is 0 Å². The Kier molecular flexibility index (Phi) is 45.1. The van der Waals surface area contributed by atoms with Crippen LogP contribution in [0.4, 0.5) is 0 Å². The lowest BCUT2D eigenvalue weighted by atomic mass is 9.70. The molecule has 1 nitrogen and oxygen atoms in total. The van der Waals surface area contributed by atoms with Crippen LogP contribution in [0.15, 0.2) is 394 Å². The van der Waals surface area contributed by atoms with Crippen LogP contribution in [0.3, 0.4) is 0 Å². The smallest absolute Gasteiger partial charge is 0.0725 e. The number of aromatic nitrogens is 1. The Labute approximate surface area is 697 Å². The summed E-state index contributed by atoms with van der Waals surface area (Å²) >= 11 is 0. The summed E-state index contributed by atoms with van der Waals surface area (Å²) in [6.45, 7) is 44.8. The van der Waals surface area contributed by atoms with Gasteiger partial charge in [0.1, 0.15) is 0 Å². The molecule has 0 saturated carbocycles. The van der Waals surface area contributed by atoms with Crippen molar-refractivity contribution in [3.8, 4) is 39.1 Å². The molecule has 4 aliphatic rings. The van der Waals surface area contributed by atoms with Gasteiger partial charge >= 0.3 is 0 Å². The summed E-state index contributed by atoms with van der Waals surface area (Å²) in [6.07, 6.45) is 2.60. The van der Waals surface area contributed by atoms with Crippen molar-refractivity contribution in [2.75, 3.05) is 0 Å². The van der Waals surface area contributed by atoms with Crippen LogP contribution in [0.5, 0.6) is 0 Å². The number of hydrogen-bond donors (Lipinski definition) is 0. The molecule has 0 aliphatic heterocycles. The van der Waals surface area contributed by atoms with Crippen LogP contribution in [-0.2, 0) is 23.7 Å². The summed E-state index contributed by atoms with van der Waals surface area (Å²) in [4.78, 5) is 0. The topological polar surface area (TPSA) is 4.93 Å². The first-order valence-corrected chi connectivity index (χ1v) is 43.0. The second-order valence-corrected chi connectivity index (χ2v) is 25.4. The van der Waals surface area contributed by atoms with Crippen LogP contribution >= 0.6 is 0 Å². The lowest BCUT2D eigenvalue weighted by Gasteiger charge is -2.30. The summed E-state index contributed by atoms with van der Waals surface area (Å²) < 4.78 is 2.34. The number of para-hydroxylation sites is 2. The first-order valence-electron chi connectivity index (χ1n) is 43.0. The van der Waals surface area contributed by atoms with Gasteiger partial charge in [0.25, 0.3) is 0 Å². The molecule has 4 aliphatic carbocycles. The molecule has 596 valence electrons. The number of fused-ring (bicyclic) bond motifs is 18. The third-order valence-electron chi connectivity index (χ3n) is 19.0. The zero-order chi connectivity index (χ0) is 84.2. The van der Waals surface area contributed by atoms with Crippen LogP contribution < -0.4 is 0 Å². The van der Waals surface area contributed by atoms with Crippen molar-refractivity contribution >= 4 is 32.6 Å². The molecule has 15 aromatic carbocycles. The molecule has 1 heteroatoms. The first kappa shape index (κ1) is 95.7. The van der Waals surface area contributed by atoms with Gasteiger partial charge in [-0.3, -0.25) is 0 Å². The van der Waals surface area contributed by atoms with Crippen molar-refractivity contribution < 1.29 is 0 Å². The molecule has 0 atom stereocenters. The van der Waals surface area contributed by atoms with Crippen LogP contribution in [0.2, 0.25) is 0 Å². The van der Waals surface area contributed by atoms with Crippen molar-refractivity contribution in [2.45, 2.75) is 176 Å². The van der Waals surface area contributed by atoms with Crippen LogP contribution in [-0.4, -0.2) is 4.57 Å². The molecule has 1 heterocycles. The molecule has 115 heavy (non-hydrogen) atoms. The van der Waals surface area contributed by atoms with Gasteiger partial charge < -0.3 is 4.57 Å². The Hall–Kier alpha value is -11.6. The lowest BCUT2D eigenvalue weighted by molar-refractivity contribution is 0.660. The number of rotatable bonds is 1. The maximum absolute atomic E-state index is 2.34. The molecule has 0 saturated heterocycles. The maximum atomic E-state index is 2.34. The van der Waals surface area contributed by atoms with Crippen molar-refractivity contribution in [3.63, 3.8) is 0 Å². The van der Waals surface area contributed by atoms with E-state index in [1.807, 2.05) is 216 Å². The van der Waals surface area contributed by atoms with Gasteiger partial charge in [-0.25, -0.2) is 0 Å². The highest BCUT2D eigenvalue weighted by Gasteiger charge is 2.51. The van der Waals surface area contributed by atoms with E-state index in [2.05, 4.69) is 336 Å². The quantitative estimate of drug-likeness (QED) is 0.154. The highest BCUT2D eigenvalue weighted by atomic mass is 15.0. The van der Waals surface area contributed by atoms with Gasteiger partial charge in [-0.05, 0) is 140 Å². The zero-order valence-electron chi connectivity index (χ0n) is 73.9. The Morgan fingerprint density at radius 1 is 0.200 bits per heavy atom. The number of benzene rings is 15. The largest absolute Gasteiger partial charge is 0.309 e. The average Bonchev–Trinajstić information content (AvgIpc) is 1.51. The zero-order valence-corrected chi connectivity index (χ0v) is 73.9. The monoisotopic (exact) mass is 1520 g/mol. The Morgan fingerprint density at radius 3 is 0.670 bits per heavy atom. The number of aryl methyl sites for hydroxylation is 4. The van der Waals surface area contributed by atoms with E-state index in [1.54, 1.807) is 11.1 Å². The van der Waals surface area contributed by atoms with E-state index < -0.39 is 0 Å². The predicted octanol–water partition coefficient (Wildman–Crippen LogP) is 34.3. The summed E-state index contributed by atoms with van der Waals surface area (Å²) in [5.41, 5.74) is 26.2. The third-order valence-corrected chi connectivity index (χ3v) is 19.0. The van der Waals surface area contributed by atoms with Crippen LogP contribution in [0.25, 0.3) is 71.6 Å². The highest BCUT2D eigenvalue weighted by molar-refractivity contribution is 6.09. The fourth-order valence-electron chi connectivity index (χ4n) is 14.2. The minimum atomic E-state index is -0.180. The summed E-state index contributed by atoms with van der Waals surface area (Å²) in [6, 6.07) is 139. The van der Waals surface area contributed by atoms with E-state index in [-0.39, 0.29) is 10.8 Å². The molecule has 20 rings (SSSR count). The lowest BCUT2D eigenvalue weighted by Crippen LogP contribution is -2.25. The van der Waals surface area contributed by atoms with Gasteiger partial charge in [-0.2, -0.15) is 0 Å². The van der Waals surface area contributed by atoms with E-state index in [0.29, 0.717) is 0 Å². The van der Waals surface area contributed by atoms with Crippen molar-refractivity contribution in [2.24, 2.45) is 0 Å². The van der Waals surface area contributed by atoms with E-state index in [1.165, 1.54) is 129 Å². The number of nitrogens with zero attached hydrogens (tertiary/aromatic N) is 1. The fraction of sp³-hybridized carbons (Fsp3) is 0.228. The molecule has 0 bridgehead atoms. The van der Waals surface area contributed by atoms with Gasteiger partial charge in [0.2, 0.25) is 0 Å². The van der Waals surface area contributed by atoms with Gasteiger partial charge in [-0.15, -0.1) is 0 Å². The Balaban J connectivity index is 0.000000281. The van der Waals surface area contributed by atoms with Gasteiger partial charge in [0.15, 0.2) is 0 Å². The first-order chi connectivity index (χ1) is 56.8. The molecular formula is C114H135N. The summed E-state index contributed by atoms with van der Waals surface area (Å²) in [5.74, 6) is 0. The Morgan fingerprint density at radius 2 is 0.409 bits per heavy atom. The van der Waals surface area contributed by atoms with Crippen LogP contribution in [0, 0.1) is 13.8 Å². The second kappa shape index (κ2) is 54.1. The van der Waals surface area contributed by atoms with Crippen molar-refractivity contribution in [1.29, 1.82) is 0 Å². The van der Waals surface area contributed by atoms with E-state index in [4.69, 9.17) is 0 Å². The van der Waals surface area contributed by atoms with Crippen LogP contribution in [0.1, 0.15) is 194 Å². The molecule has 1 spiro atoms. The fourth-order valence-corrected chi connectivity index (χ4v) is 14.2. The van der Waals surface area contributed by atoms with E-state index >= 15 is 0 Å². The molecule has 0 fully saturated rings. The Bertz CT molecular complexity index is 4750. The summed E-state index contributed by atoms with van der Waals surface area (Å²) in [5, 5.41) is 5.24. The molecular weight excluding hydrogens is 1380 g/mol. The van der Waals surface area contributed by atoms with Crippen molar-refractivity contribution in [1.82, 2.24) is 4.57 Å². The normalized spacial score (nSPS) is 10.9. The van der Waals surface area contributed by atoms with Crippen molar-refractivity contribution in [3.05, 3.63) is 450 Å². The maximum Gasteiger partial charge on any atom is 0.0725 e. The van der Waals surface area contributed by atoms with E-state index in [0.717, 1.165) is 0 Å². The molecule has 0 amide bonds. The average molecular weight is 1520 g/mol. The SMILES string of the molecule is CC.CC.CC.CC.CC.CC.CC.CC.CC.CC1(C)c2ccccc2-c2ccccc21.Cc1ccc(-n2c3ccccc3c3ccccc32)cc1.Cc1ccccc1.c1ccc2c(c1)-c1ccccc1C21c2ccccc2-c2ccccc21.c1ccc2c(c1)CC2.c1ccc2ccccc2c1.c1ccccc1.c1ccccc1. The molecule has 0 N–H and O–H groups in total. The second-order valence-electron chi connectivity index (χ2n) is 25.4. The third kappa shape index (κ3) is 24.7. The molecule has 16 aromatic rings. The molecule has 0 radical (unpaired) electrons. The van der Waals surface area contributed by atoms with Gasteiger partial charge in [0, 0.05) is 21.9 Å². The van der Waals surface area contributed by atoms with Gasteiger partial charge in [0.05, 0.1) is 16.4 Å². The highest BCUT2D eigenvalue weighted by Crippen LogP contribution is 2.62. The summed E-state index contributed by atoms with van der Waals surface area (Å²) in [7, 11) is 0. The predicted molar refractivity (Wildman–Crippen MR) is 516 cm³/mol. The standard InChI is InChI=1S/C25H16.C19H15N.C15H14.C10H8.C8H8.C7H8.2C6H6.9C2H6/c1-5-13-21-17(9-1)18-10-2-6-14-22(18)25(21)23-15-7-3-11-19(23)20-12-4-8-16-24(20)25;1-14-10-12-15(13-11-14)20-18-8-4-2-6-16(18)17-7-3-5-9-19(17)20;1-15(2)13-9-5-3-7-11(13)12-8-4-6-10-14(12)15;1-2-6-10-8-4-3-7-9(10)5-1;1-2-4-8-6-5-7(8)3-1;1-7-5-3-2-4-6-7;2*1-2-4-6-5-3-1;9*1-2/h1-16H;2-13H,1H3;3-10H,1-2H3;1-8H;1-4H,5-6H2;2-6H,1H3;2*1-6H;9*1-2H3. The molecule has 0 unspecified atom stereocenters.